The van der Waals surface area contributed by atoms with E-state index in [1.165, 1.54) is 0 Å². The zero-order valence-corrected chi connectivity index (χ0v) is 23.3. The van der Waals surface area contributed by atoms with E-state index in [4.69, 9.17) is 5.73 Å². The summed E-state index contributed by atoms with van der Waals surface area (Å²) in [5.74, 6) is -5.76. The first-order chi connectivity index (χ1) is 18.8. The first kappa shape index (κ1) is 28.1. The number of phenols is 1. The van der Waals surface area contributed by atoms with E-state index >= 15 is 0 Å². The number of rotatable bonds is 5. The smallest absolute Gasteiger partial charge is 0.255 e. The van der Waals surface area contributed by atoms with Crippen LogP contribution in [0.25, 0.3) is 0 Å². The first-order valence-electron chi connectivity index (χ1n) is 13.7. The molecule has 4 atom stereocenters. The lowest BCUT2D eigenvalue weighted by molar-refractivity contribution is -0.127. The summed E-state index contributed by atoms with van der Waals surface area (Å²) in [7, 11) is 7.10. The number of halogens is 1. The minimum Gasteiger partial charge on any atom is -0.511 e. The number of allylic oxidation sites excluding steroid dienone is 2. The van der Waals surface area contributed by atoms with Gasteiger partial charge in [-0.15, -0.1) is 0 Å². The van der Waals surface area contributed by atoms with Crippen LogP contribution in [0.5, 0.6) is 5.75 Å². The molecule has 1 amide bonds. The molecule has 0 saturated carbocycles. The number of aliphatic hydroxyl groups excluding tert-OH is 2. The number of likely N-dealkylation sites (N-methyl/N-ethyl adjacent to an activating group) is 1. The molecule has 1 fully saturated rings. The molecule has 5 rings (SSSR count). The van der Waals surface area contributed by atoms with Crippen LogP contribution in [0, 0.1) is 17.8 Å². The van der Waals surface area contributed by atoms with Crippen molar-refractivity contribution in [1.82, 2.24) is 9.80 Å². The molecule has 0 spiro atoms. The van der Waals surface area contributed by atoms with Crippen LogP contribution in [0.3, 0.4) is 0 Å². The summed E-state index contributed by atoms with van der Waals surface area (Å²) in [5.41, 5.74) is 6.98. The van der Waals surface area contributed by atoms with Gasteiger partial charge in [-0.05, 0) is 63.2 Å². The Morgan fingerprint density at radius 1 is 1.10 bits per heavy atom. The van der Waals surface area contributed by atoms with Gasteiger partial charge in [0, 0.05) is 50.6 Å². The highest BCUT2D eigenvalue weighted by molar-refractivity contribution is 6.22. The number of aliphatic hydroxyl groups is 2. The molecule has 0 aromatic heterocycles. The number of fused-ring (bicyclic) bond motifs is 3. The second kappa shape index (κ2) is 10.2. The van der Waals surface area contributed by atoms with Gasteiger partial charge in [-0.2, -0.15) is 0 Å². The average molecular weight is 557 g/mol. The summed E-state index contributed by atoms with van der Waals surface area (Å²) in [4.78, 5) is 45.2. The van der Waals surface area contributed by atoms with E-state index in [-0.39, 0.29) is 16.9 Å². The SMILES string of the molecule is CN(C)c1cc(CN2CCC(F)CC2)c(O)c2c1CC1CC3C(C(=O)C(C(N)=O)=C(O)[C@@H]3N(C)C)C(O)=C1C2=O. The van der Waals surface area contributed by atoms with Gasteiger partial charge >= 0.3 is 0 Å². The number of piperidine rings is 1. The highest BCUT2D eigenvalue weighted by Gasteiger charge is 2.54. The van der Waals surface area contributed by atoms with Crippen molar-refractivity contribution in [2.45, 2.75) is 44.4 Å². The summed E-state index contributed by atoms with van der Waals surface area (Å²) >= 11 is 0. The van der Waals surface area contributed by atoms with E-state index in [2.05, 4.69) is 0 Å². The number of aromatic hydroxyl groups is 1. The molecule has 1 aliphatic heterocycles. The predicted molar refractivity (Wildman–Crippen MR) is 146 cm³/mol. The van der Waals surface area contributed by atoms with Crippen molar-refractivity contribution in [3.8, 4) is 5.75 Å². The van der Waals surface area contributed by atoms with Crippen LogP contribution >= 0.6 is 0 Å². The highest BCUT2D eigenvalue weighted by Crippen LogP contribution is 2.52. The van der Waals surface area contributed by atoms with Gasteiger partial charge in [-0.25, -0.2) is 4.39 Å². The molecule has 3 unspecified atom stereocenters. The molecular weight excluding hydrogens is 519 g/mol. The minimum absolute atomic E-state index is 0.0558. The van der Waals surface area contributed by atoms with E-state index < -0.39 is 64.5 Å². The number of phenolic OH excluding ortho intramolecular Hbond substituents is 1. The van der Waals surface area contributed by atoms with Crippen LogP contribution in [0.15, 0.2) is 28.7 Å². The maximum atomic E-state index is 14.1. The Hall–Kier alpha value is -3.44. The Bertz CT molecular complexity index is 1340. The third-order valence-electron chi connectivity index (χ3n) is 9.02. The molecule has 1 heterocycles. The zero-order valence-electron chi connectivity index (χ0n) is 23.3. The molecule has 0 bridgehead atoms. The van der Waals surface area contributed by atoms with Gasteiger partial charge < -0.3 is 26.0 Å². The first-order valence-corrected chi connectivity index (χ1v) is 13.7. The van der Waals surface area contributed by atoms with E-state index in [9.17, 15) is 34.1 Å². The van der Waals surface area contributed by atoms with E-state index in [0.717, 1.165) is 5.69 Å². The van der Waals surface area contributed by atoms with E-state index in [1.807, 2.05) is 30.0 Å². The summed E-state index contributed by atoms with van der Waals surface area (Å²) in [5, 5.41) is 33.8. The van der Waals surface area contributed by atoms with Crippen molar-refractivity contribution in [3.05, 3.63) is 45.4 Å². The molecule has 1 saturated heterocycles. The number of carbonyl (C=O) groups is 3. The van der Waals surface area contributed by atoms with Gasteiger partial charge in [0.1, 0.15) is 29.0 Å². The van der Waals surface area contributed by atoms with E-state index in [0.29, 0.717) is 56.4 Å². The van der Waals surface area contributed by atoms with Gasteiger partial charge in [-0.1, -0.05) is 0 Å². The molecule has 216 valence electrons. The summed E-state index contributed by atoms with van der Waals surface area (Å²) in [6.07, 6.45) is 0.619. The van der Waals surface area contributed by atoms with Crippen LogP contribution in [0.2, 0.25) is 0 Å². The molecule has 1 aromatic rings. The lowest BCUT2D eigenvalue weighted by Gasteiger charge is -2.46. The third kappa shape index (κ3) is 4.35. The maximum Gasteiger partial charge on any atom is 0.255 e. The number of primary amides is 1. The monoisotopic (exact) mass is 556 g/mol. The lowest BCUT2D eigenvalue weighted by atomic mass is 9.60. The van der Waals surface area contributed by atoms with Gasteiger partial charge in [0.25, 0.3) is 5.91 Å². The molecule has 10 nitrogen and oxygen atoms in total. The van der Waals surface area contributed by atoms with Crippen LogP contribution in [0.1, 0.15) is 40.7 Å². The lowest BCUT2D eigenvalue weighted by Crippen LogP contribution is -2.53. The number of hydrogen-bond donors (Lipinski definition) is 4. The molecule has 40 heavy (non-hydrogen) atoms. The molecule has 1 aromatic carbocycles. The normalized spacial score (nSPS) is 27.6. The fourth-order valence-electron chi connectivity index (χ4n) is 7.19. The highest BCUT2D eigenvalue weighted by atomic mass is 19.1. The Kier molecular flexibility index (Phi) is 7.16. The van der Waals surface area contributed by atoms with Gasteiger partial charge in [0.05, 0.1) is 17.5 Å². The number of nitrogens with zero attached hydrogens (tertiary/aromatic N) is 3. The number of nitrogens with two attached hydrogens (primary N) is 1. The van der Waals surface area contributed by atoms with Crippen molar-refractivity contribution in [2.24, 2.45) is 23.5 Å². The molecule has 5 N–H and O–H groups in total. The van der Waals surface area contributed by atoms with Crippen LogP contribution in [-0.4, -0.2) is 96.1 Å². The summed E-state index contributed by atoms with van der Waals surface area (Å²) < 4.78 is 13.7. The fraction of sp³-hybridized carbons (Fsp3) is 0.552. The number of Topliss-reactive ketones (excluding diaryl/α,β-unsaturated/α-hetero) is 2. The van der Waals surface area contributed by atoms with Crippen molar-refractivity contribution >= 4 is 23.2 Å². The minimum atomic E-state index is -1.22. The number of amides is 1. The number of carbonyl (C=O) groups excluding carboxylic acids is 3. The standard InChI is InChI=1S/C29H37FN4O6/c1-32(2)18-11-14(12-34-7-5-15(30)6-8-34)24(35)20-16(18)9-13-10-17-21(26(37)19(13)25(20)36)27(38)22(29(31)40)28(39)23(17)33(3)4/h11,13,15,17,21,23,35,37,39H,5-10,12H2,1-4H3,(H2,31,40)/t13?,17?,21?,23-/m1/s1. The Labute approximate surface area is 232 Å². The van der Waals surface area contributed by atoms with Crippen molar-refractivity contribution in [1.29, 1.82) is 0 Å². The molecule has 3 aliphatic carbocycles. The number of benzene rings is 1. The predicted octanol–water partition coefficient (Wildman–Crippen LogP) is 2.01. The van der Waals surface area contributed by atoms with E-state index in [1.54, 1.807) is 19.0 Å². The summed E-state index contributed by atoms with van der Waals surface area (Å²) in [6.45, 7) is 1.42. The number of alkyl halides is 1. The van der Waals surface area contributed by atoms with Gasteiger partial charge in [0.15, 0.2) is 11.6 Å². The van der Waals surface area contributed by atoms with Crippen molar-refractivity contribution in [2.75, 3.05) is 46.2 Å². The largest absolute Gasteiger partial charge is 0.511 e. The number of ketones is 2. The second-order valence-corrected chi connectivity index (χ2v) is 11.9. The van der Waals surface area contributed by atoms with Crippen LogP contribution in [0.4, 0.5) is 10.1 Å². The summed E-state index contributed by atoms with van der Waals surface area (Å²) in [6, 6.07) is 1.10. The third-order valence-corrected chi connectivity index (χ3v) is 9.02. The van der Waals surface area contributed by atoms with Gasteiger partial charge in [-0.3, -0.25) is 24.2 Å². The molecule has 0 radical (unpaired) electrons. The quantitative estimate of drug-likeness (QED) is 0.400. The maximum absolute atomic E-state index is 14.1. The molecule has 11 heteroatoms. The fourth-order valence-corrected chi connectivity index (χ4v) is 7.19. The zero-order chi connectivity index (χ0) is 29.2. The van der Waals surface area contributed by atoms with Crippen LogP contribution < -0.4 is 10.6 Å². The molecule has 4 aliphatic rings. The number of hydrogen-bond acceptors (Lipinski definition) is 9. The number of anilines is 1. The Morgan fingerprint density at radius 2 is 1.75 bits per heavy atom. The second-order valence-electron chi connectivity index (χ2n) is 11.9. The van der Waals surface area contributed by atoms with Crippen molar-refractivity contribution in [3.63, 3.8) is 0 Å². The van der Waals surface area contributed by atoms with Crippen LogP contribution in [-0.2, 0) is 22.6 Å². The topological polar surface area (TPSA) is 148 Å². The van der Waals surface area contributed by atoms with Gasteiger partial charge in [0.2, 0.25) is 0 Å². The number of likely N-dealkylation sites (tertiary alicyclic amines) is 1. The Morgan fingerprint density at radius 3 is 2.33 bits per heavy atom. The molecular formula is C29H37FN4O6. The Balaban J connectivity index is 1.61. The van der Waals surface area contributed by atoms with Crippen molar-refractivity contribution < 1.29 is 34.1 Å². The average Bonchev–Trinajstić information content (AvgIpc) is 2.85.